The average molecular weight is 457 g/mol. The molecule has 1 aliphatic carbocycles. The van der Waals surface area contributed by atoms with Gasteiger partial charge in [-0.1, -0.05) is 0 Å². The zero-order valence-corrected chi connectivity index (χ0v) is 18.4. The van der Waals surface area contributed by atoms with Gasteiger partial charge in [-0.15, -0.1) is 0 Å². The molecule has 0 spiro atoms. The Labute approximate surface area is 185 Å². The van der Waals surface area contributed by atoms with Gasteiger partial charge in [0, 0.05) is 31.3 Å². The second-order valence-corrected chi connectivity index (χ2v) is 8.43. The number of benzene rings is 1. The summed E-state index contributed by atoms with van der Waals surface area (Å²) >= 11 is 0. The first-order chi connectivity index (χ1) is 15.2. The summed E-state index contributed by atoms with van der Waals surface area (Å²) < 4.78 is 49.3. The van der Waals surface area contributed by atoms with Crippen LogP contribution in [0.5, 0.6) is 11.5 Å². The Balaban J connectivity index is 1.36. The fourth-order valence-electron chi connectivity index (χ4n) is 3.95. The smallest absolute Gasteiger partial charge is 0.403 e. The first-order valence-electron chi connectivity index (χ1n) is 10.8. The van der Waals surface area contributed by atoms with Crippen LogP contribution in [0.4, 0.5) is 13.2 Å². The van der Waals surface area contributed by atoms with Crippen molar-refractivity contribution in [3.8, 4) is 11.5 Å². The molecule has 3 rings (SSSR count). The molecule has 0 aromatic heterocycles. The van der Waals surface area contributed by atoms with Crippen molar-refractivity contribution in [3.63, 3.8) is 0 Å². The maximum Gasteiger partial charge on any atom is 0.403 e. The molecule has 0 atom stereocenters. The Kier molecular flexibility index (Phi) is 7.53. The Morgan fingerprint density at radius 1 is 1.06 bits per heavy atom. The number of hydrogen-bond acceptors (Lipinski definition) is 5. The molecular weight excluding hydrogens is 427 g/mol. The molecule has 2 aliphatic rings. The Bertz CT molecular complexity index is 797. The summed E-state index contributed by atoms with van der Waals surface area (Å²) in [5.41, 5.74) is -1.70. The van der Waals surface area contributed by atoms with Gasteiger partial charge < -0.3 is 25.0 Å². The van der Waals surface area contributed by atoms with E-state index < -0.39 is 17.5 Å². The van der Waals surface area contributed by atoms with Gasteiger partial charge in [0.15, 0.2) is 0 Å². The van der Waals surface area contributed by atoms with Crippen LogP contribution in [0.3, 0.4) is 0 Å². The van der Waals surface area contributed by atoms with Crippen LogP contribution in [-0.2, 0) is 4.79 Å². The molecular formula is C22H30F3N3O4. The molecule has 2 amide bonds. The molecule has 0 radical (unpaired) electrons. The van der Waals surface area contributed by atoms with Crippen LogP contribution in [0.15, 0.2) is 18.2 Å². The summed E-state index contributed by atoms with van der Waals surface area (Å²) in [5, 5.41) is 5.40. The molecule has 0 unspecified atom stereocenters. The number of amides is 2. The zero-order chi connectivity index (χ0) is 23.4. The van der Waals surface area contributed by atoms with Gasteiger partial charge in [-0.25, -0.2) is 0 Å². The van der Waals surface area contributed by atoms with Crippen molar-refractivity contribution >= 4 is 11.8 Å². The highest BCUT2D eigenvalue weighted by atomic mass is 19.4. The molecule has 1 aliphatic heterocycles. The number of carbonyl (C=O) groups is 2. The highest BCUT2D eigenvalue weighted by molar-refractivity contribution is 5.95. The average Bonchev–Trinajstić information content (AvgIpc) is 3.60. The van der Waals surface area contributed by atoms with E-state index in [1.165, 1.54) is 14.2 Å². The third-order valence-electron chi connectivity index (χ3n) is 6.31. The predicted molar refractivity (Wildman–Crippen MR) is 112 cm³/mol. The van der Waals surface area contributed by atoms with Gasteiger partial charge in [0.25, 0.3) is 5.91 Å². The van der Waals surface area contributed by atoms with E-state index in [9.17, 15) is 22.8 Å². The van der Waals surface area contributed by atoms with Crippen molar-refractivity contribution < 1.29 is 32.2 Å². The SMILES string of the molecule is COc1cc(OC)cc(C(=O)NCC2CCN(CCNC(=O)C3(C(F)(F)F)CC3)CC2)c1. The fourth-order valence-corrected chi connectivity index (χ4v) is 3.95. The first kappa shape index (κ1) is 24.2. The number of likely N-dealkylation sites (tertiary alicyclic amines) is 1. The lowest BCUT2D eigenvalue weighted by Gasteiger charge is -2.32. The van der Waals surface area contributed by atoms with Crippen molar-refractivity contribution in [3.05, 3.63) is 23.8 Å². The second kappa shape index (κ2) is 9.97. The second-order valence-electron chi connectivity index (χ2n) is 8.43. The minimum absolute atomic E-state index is 0.123. The van der Waals surface area contributed by atoms with Crippen LogP contribution < -0.4 is 20.1 Å². The van der Waals surface area contributed by atoms with Crippen molar-refractivity contribution in [2.45, 2.75) is 31.9 Å². The summed E-state index contributed by atoms with van der Waals surface area (Å²) in [5.74, 6) is 0.288. The van der Waals surface area contributed by atoms with E-state index in [0.29, 0.717) is 36.1 Å². The number of ether oxygens (including phenoxy) is 2. The van der Waals surface area contributed by atoms with Crippen molar-refractivity contribution in [2.24, 2.45) is 11.3 Å². The van der Waals surface area contributed by atoms with Crippen LogP contribution >= 0.6 is 0 Å². The highest BCUT2D eigenvalue weighted by Gasteiger charge is 2.68. The van der Waals surface area contributed by atoms with E-state index in [0.717, 1.165) is 25.9 Å². The Morgan fingerprint density at radius 2 is 1.66 bits per heavy atom. The van der Waals surface area contributed by atoms with Gasteiger partial charge in [-0.05, 0) is 56.8 Å². The molecule has 1 aromatic carbocycles. The summed E-state index contributed by atoms with van der Waals surface area (Å²) in [6.07, 6.45) is -3.00. The van der Waals surface area contributed by atoms with Gasteiger partial charge in [0.05, 0.1) is 14.2 Å². The number of alkyl halides is 3. The minimum atomic E-state index is -4.48. The largest absolute Gasteiger partial charge is 0.497 e. The lowest BCUT2D eigenvalue weighted by molar-refractivity contribution is -0.192. The standard InChI is InChI=1S/C22H30F3N3O4/c1-31-17-11-16(12-18(13-17)32-2)19(29)27-14-15-3-8-28(9-4-15)10-7-26-20(30)21(5-6-21)22(23,24)25/h11-13,15H,3-10,14H2,1-2H3,(H,26,30)(H,27,29). The summed E-state index contributed by atoms with van der Waals surface area (Å²) in [4.78, 5) is 26.5. The van der Waals surface area contributed by atoms with Crippen LogP contribution in [-0.4, -0.2) is 69.8 Å². The maximum absolute atomic E-state index is 13.0. The molecule has 10 heteroatoms. The number of rotatable bonds is 9. The van der Waals surface area contributed by atoms with E-state index in [4.69, 9.17) is 9.47 Å². The van der Waals surface area contributed by atoms with Gasteiger partial charge >= 0.3 is 6.18 Å². The summed E-state index contributed by atoms with van der Waals surface area (Å²) in [6, 6.07) is 5.00. The number of piperidine rings is 1. The topological polar surface area (TPSA) is 79.9 Å². The van der Waals surface area contributed by atoms with E-state index in [2.05, 4.69) is 15.5 Å². The summed E-state index contributed by atoms with van der Waals surface area (Å²) in [7, 11) is 3.05. The lowest BCUT2D eigenvalue weighted by Crippen LogP contribution is -2.45. The first-order valence-corrected chi connectivity index (χ1v) is 10.8. The number of nitrogens with zero attached hydrogens (tertiary/aromatic N) is 1. The lowest BCUT2D eigenvalue weighted by atomic mass is 9.96. The van der Waals surface area contributed by atoms with Crippen LogP contribution in [0.2, 0.25) is 0 Å². The molecule has 2 N–H and O–H groups in total. The molecule has 1 saturated carbocycles. The van der Waals surface area contributed by atoms with Gasteiger partial charge in [0.1, 0.15) is 16.9 Å². The van der Waals surface area contributed by atoms with E-state index in [1.54, 1.807) is 18.2 Å². The Hall–Kier alpha value is -2.49. The number of nitrogens with one attached hydrogen (secondary N) is 2. The maximum atomic E-state index is 13.0. The number of methoxy groups -OCH3 is 2. The highest BCUT2D eigenvalue weighted by Crippen LogP contribution is 2.57. The predicted octanol–water partition coefficient (Wildman–Crippen LogP) is 2.60. The van der Waals surface area contributed by atoms with Gasteiger partial charge in [-0.2, -0.15) is 13.2 Å². The normalized spacial score (nSPS) is 18.7. The third kappa shape index (κ3) is 5.65. The molecule has 178 valence electrons. The third-order valence-corrected chi connectivity index (χ3v) is 6.31. The van der Waals surface area contributed by atoms with E-state index in [-0.39, 0.29) is 25.3 Å². The zero-order valence-electron chi connectivity index (χ0n) is 18.4. The molecule has 0 bridgehead atoms. The Morgan fingerprint density at radius 3 is 2.16 bits per heavy atom. The van der Waals surface area contributed by atoms with Crippen molar-refractivity contribution in [1.29, 1.82) is 0 Å². The fraction of sp³-hybridized carbons (Fsp3) is 0.636. The van der Waals surface area contributed by atoms with Crippen LogP contribution in [0, 0.1) is 11.3 Å². The molecule has 7 nitrogen and oxygen atoms in total. The molecule has 32 heavy (non-hydrogen) atoms. The minimum Gasteiger partial charge on any atom is -0.497 e. The van der Waals surface area contributed by atoms with E-state index in [1.807, 2.05) is 0 Å². The molecule has 1 heterocycles. The van der Waals surface area contributed by atoms with E-state index >= 15 is 0 Å². The van der Waals surface area contributed by atoms with Crippen LogP contribution in [0.1, 0.15) is 36.0 Å². The summed E-state index contributed by atoms with van der Waals surface area (Å²) in [6.45, 7) is 2.80. The number of hydrogen-bond donors (Lipinski definition) is 2. The van der Waals surface area contributed by atoms with Crippen molar-refractivity contribution in [2.75, 3.05) is 46.9 Å². The molecule has 2 fully saturated rings. The molecule has 1 saturated heterocycles. The monoisotopic (exact) mass is 457 g/mol. The van der Waals surface area contributed by atoms with Crippen LogP contribution in [0.25, 0.3) is 0 Å². The number of carbonyl (C=O) groups excluding carboxylic acids is 2. The van der Waals surface area contributed by atoms with Crippen molar-refractivity contribution in [1.82, 2.24) is 15.5 Å². The van der Waals surface area contributed by atoms with Gasteiger partial charge in [0.2, 0.25) is 5.91 Å². The quantitative estimate of drug-likeness (QED) is 0.596. The van der Waals surface area contributed by atoms with Gasteiger partial charge in [-0.3, -0.25) is 9.59 Å². The molecule has 1 aromatic rings. The number of halogens is 3.